The van der Waals surface area contributed by atoms with Gasteiger partial charge in [0.15, 0.2) is 11.5 Å². The first kappa shape index (κ1) is 23.9. The lowest BCUT2D eigenvalue weighted by Crippen LogP contribution is -2.31. The summed E-state index contributed by atoms with van der Waals surface area (Å²) >= 11 is 0. The van der Waals surface area contributed by atoms with Crippen LogP contribution in [0.1, 0.15) is 31.2 Å². The van der Waals surface area contributed by atoms with E-state index in [1.54, 1.807) is 14.2 Å². The van der Waals surface area contributed by atoms with E-state index in [2.05, 4.69) is 16.7 Å². The fraction of sp³-hybridized carbons (Fsp3) is 0.462. The molecule has 2 aromatic carbocycles. The number of hydrogen-bond donors (Lipinski definition) is 3. The molecule has 0 bridgehead atoms. The molecule has 1 aliphatic rings. The van der Waals surface area contributed by atoms with Gasteiger partial charge in [-0.1, -0.05) is 12.1 Å². The number of benzene rings is 2. The molecule has 0 unspecified atom stereocenters. The number of aromatic nitrogens is 2. The number of nitrogens with zero attached hydrogens (tertiary/aromatic N) is 3. The molecule has 1 heterocycles. The maximum Gasteiger partial charge on any atom is 0.225 e. The first-order valence-corrected chi connectivity index (χ1v) is 11.8. The van der Waals surface area contributed by atoms with Crippen LogP contribution in [0.5, 0.6) is 17.2 Å². The van der Waals surface area contributed by atoms with Crippen LogP contribution in [0.4, 0.5) is 11.8 Å². The number of hydrogen-bond acceptors (Lipinski definition) is 8. The highest BCUT2D eigenvalue weighted by molar-refractivity contribution is 5.90. The molecule has 0 radical (unpaired) electrons. The second-order valence-electron chi connectivity index (χ2n) is 9.12. The molecule has 0 atom stereocenters. The predicted molar refractivity (Wildman–Crippen MR) is 136 cm³/mol. The van der Waals surface area contributed by atoms with E-state index in [-0.39, 0.29) is 5.75 Å². The topological polar surface area (TPSA) is 91.8 Å². The molecule has 182 valence electrons. The lowest BCUT2D eigenvalue weighted by Gasteiger charge is -2.29. The largest absolute Gasteiger partial charge is 0.502 e. The summed E-state index contributed by atoms with van der Waals surface area (Å²) in [5, 5.41) is 18.3. The Morgan fingerprint density at radius 3 is 2.32 bits per heavy atom. The Bertz CT molecular complexity index is 1090. The van der Waals surface area contributed by atoms with E-state index < -0.39 is 0 Å². The Morgan fingerprint density at radius 2 is 1.68 bits per heavy atom. The molecule has 1 aliphatic carbocycles. The van der Waals surface area contributed by atoms with Crippen LogP contribution >= 0.6 is 0 Å². The number of rotatable bonds is 9. The SMILES string of the molecule is COc1cc(CNC[C@H]2CC[C@@H](Nc3nc(N(C)C)c4ccccc4n3)CC2)cc(OC)c1O. The maximum atomic E-state index is 10.1. The molecule has 1 aromatic heterocycles. The van der Waals surface area contributed by atoms with Crippen LogP contribution in [0.3, 0.4) is 0 Å². The highest BCUT2D eigenvalue weighted by Gasteiger charge is 2.22. The molecule has 1 saturated carbocycles. The summed E-state index contributed by atoms with van der Waals surface area (Å²) in [4.78, 5) is 11.6. The van der Waals surface area contributed by atoms with Gasteiger partial charge in [-0.15, -0.1) is 0 Å². The zero-order valence-corrected chi connectivity index (χ0v) is 20.5. The summed E-state index contributed by atoms with van der Waals surface area (Å²) in [6, 6.07) is 12.2. The number of phenols is 1. The van der Waals surface area contributed by atoms with E-state index in [1.807, 2.05) is 49.3 Å². The predicted octanol–water partition coefficient (Wildman–Crippen LogP) is 4.18. The van der Waals surface area contributed by atoms with Gasteiger partial charge in [-0.3, -0.25) is 0 Å². The Balaban J connectivity index is 1.29. The van der Waals surface area contributed by atoms with Crippen molar-refractivity contribution in [3.05, 3.63) is 42.0 Å². The van der Waals surface area contributed by atoms with Crippen molar-refractivity contribution in [1.29, 1.82) is 0 Å². The Hall–Kier alpha value is -3.26. The van der Waals surface area contributed by atoms with E-state index in [4.69, 9.17) is 19.4 Å². The Morgan fingerprint density at radius 1 is 1.00 bits per heavy atom. The summed E-state index contributed by atoms with van der Waals surface area (Å²) in [5.74, 6) is 3.17. The average molecular weight is 466 g/mol. The molecular formula is C26H35N5O3. The van der Waals surface area contributed by atoms with Gasteiger partial charge in [-0.2, -0.15) is 4.98 Å². The van der Waals surface area contributed by atoms with Gasteiger partial charge in [0.05, 0.1) is 19.7 Å². The fourth-order valence-electron chi connectivity index (χ4n) is 4.63. The molecule has 0 aliphatic heterocycles. The van der Waals surface area contributed by atoms with Gasteiger partial charge in [0.25, 0.3) is 0 Å². The maximum absolute atomic E-state index is 10.1. The molecular weight excluding hydrogens is 430 g/mol. The summed E-state index contributed by atoms with van der Waals surface area (Å²) in [7, 11) is 7.12. The third kappa shape index (κ3) is 5.44. The van der Waals surface area contributed by atoms with Crippen LogP contribution in [0.25, 0.3) is 10.9 Å². The number of ether oxygens (including phenoxy) is 2. The highest BCUT2D eigenvalue weighted by atomic mass is 16.5. The van der Waals surface area contributed by atoms with Crippen molar-refractivity contribution in [3.8, 4) is 17.2 Å². The lowest BCUT2D eigenvalue weighted by atomic mass is 9.86. The van der Waals surface area contributed by atoms with Crippen LogP contribution < -0.4 is 25.0 Å². The standard InChI is InChI=1S/C26H35N5O3/c1-31(2)25-20-7-5-6-8-21(20)29-26(30-25)28-19-11-9-17(10-12-19)15-27-16-18-13-22(33-3)24(32)23(14-18)34-4/h5-8,13-14,17,19,27,32H,9-12,15-16H2,1-4H3,(H,28,29,30)/t17-,19+. The van der Waals surface area contributed by atoms with Crippen LogP contribution in [-0.2, 0) is 6.54 Å². The highest BCUT2D eigenvalue weighted by Crippen LogP contribution is 2.37. The number of para-hydroxylation sites is 1. The van der Waals surface area contributed by atoms with Crippen molar-refractivity contribution >= 4 is 22.7 Å². The molecule has 3 aromatic rings. The second kappa shape index (κ2) is 10.8. The van der Waals surface area contributed by atoms with Gasteiger partial charge >= 0.3 is 0 Å². The summed E-state index contributed by atoms with van der Waals surface area (Å²) in [6.07, 6.45) is 4.50. The molecule has 3 N–H and O–H groups in total. The van der Waals surface area contributed by atoms with Crippen molar-refractivity contribution in [1.82, 2.24) is 15.3 Å². The second-order valence-corrected chi connectivity index (χ2v) is 9.12. The number of anilines is 2. The fourth-order valence-corrected chi connectivity index (χ4v) is 4.63. The van der Waals surface area contributed by atoms with Gasteiger partial charge in [0.2, 0.25) is 11.7 Å². The normalized spacial score (nSPS) is 18.0. The molecule has 4 rings (SSSR count). The molecule has 0 amide bonds. The molecule has 34 heavy (non-hydrogen) atoms. The smallest absolute Gasteiger partial charge is 0.225 e. The Labute approximate surface area is 201 Å². The minimum atomic E-state index is 0.0349. The van der Waals surface area contributed by atoms with Crippen LogP contribution in [0.2, 0.25) is 0 Å². The van der Waals surface area contributed by atoms with Gasteiger partial charge < -0.3 is 30.1 Å². The number of nitrogens with one attached hydrogen (secondary N) is 2. The van der Waals surface area contributed by atoms with Crippen molar-refractivity contribution in [2.45, 2.75) is 38.3 Å². The van der Waals surface area contributed by atoms with Crippen molar-refractivity contribution in [2.24, 2.45) is 5.92 Å². The Kier molecular flexibility index (Phi) is 7.57. The van der Waals surface area contributed by atoms with E-state index in [1.165, 1.54) is 0 Å². The molecule has 0 spiro atoms. The summed E-state index contributed by atoms with van der Waals surface area (Å²) in [5.41, 5.74) is 1.98. The molecule has 8 heteroatoms. The minimum Gasteiger partial charge on any atom is -0.502 e. The number of methoxy groups -OCH3 is 2. The number of aromatic hydroxyl groups is 1. The van der Waals surface area contributed by atoms with Crippen molar-refractivity contribution in [2.75, 3.05) is 45.1 Å². The molecule has 8 nitrogen and oxygen atoms in total. The lowest BCUT2D eigenvalue weighted by molar-refractivity contribution is 0.322. The van der Waals surface area contributed by atoms with E-state index in [0.29, 0.717) is 36.0 Å². The van der Waals surface area contributed by atoms with Crippen LogP contribution in [-0.4, -0.2) is 56.0 Å². The molecule has 1 fully saturated rings. The van der Waals surface area contributed by atoms with Crippen molar-refractivity contribution in [3.63, 3.8) is 0 Å². The third-order valence-electron chi connectivity index (χ3n) is 6.49. The summed E-state index contributed by atoms with van der Waals surface area (Å²) in [6.45, 7) is 1.65. The van der Waals surface area contributed by atoms with Crippen LogP contribution in [0, 0.1) is 5.92 Å². The van der Waals surface area contributed by atoms with E-state index in [9.17, 15) is 5.11 Å². The van der Waals surface area contributed by atoms with Crippen LogP contribution in [0.15, 0.2) is 36.4 Å². The first-order valence-electron chi connectivity index (χ1n) is 11.8. The molecule has 0 saturated heterocycles. The zero-order valence-electron chi connectivity index (χ0n) is 20.5. The van der Waals surface area contributed by atoms with Gasteiger partial charge in [-0.05, 0) is 68.0 Å². The minimum absolute atomic E-state index is 0.0349. The number of phenolic OH excluding ortho intramolecular Hbond substituents is 1. The van der Waals surface area contributed by atoms with Crippen molar-refractivity contribution < 1.29 is 14.6 Å². The summed E-state index contributed by atoms with van der Waals surface area (Å²) < 4.78 is 10.5. The van der Waals surface area contributed by atoms with Gasteiger partial charge in [-0.25, -0.2) is 4.98 Å². The quantitative estimate of drug-likeness (QED) is 0.434. The first-order chi connectivity index (χ1) is 16.5. The monoisotopic (exact) mass is 465 g/mol. The third-order valence-corrected chi connectivity index (χ3v) is 6.49. The van der Waals surface area contributed by atoms with Gasteiger partial charge in [0.1, 0.15) is 5.82 Å². The zero-order chi connectivity index (χ0) is 24.1. The number of fused-ring (bicyclic) bond motifs is 1. The van der Waals surface area contributed by atoms with Gasteiger partial charge in [0, 0.05) is 32.1 Å². The van der Waals surface area contributed by atoms with E-state index >= 15 is 0 Å². The van der Waals surface area contributed by atoms with E-state index in [0.717, 1.165) is 54.5 Å². The average Bonchev–Trinajstić information content (AvgIpc) is 2.85.